The molecule has 1 amide bonds. The van der Waals surface area contributed by atoms with Crippen molar-refractivity contribution in [2.75, 3.05) is 7.11 Å². The molecule has 0 aliphatic heterocycles. The molecule has 0 saturated carbocycles. The highest BCUT2D eigenvalue weighted by atomic mass is 16.5. The summed E-state index contributed by atoms with van der Waals surface area (Å²) in [5.74, 6) is 0.443. The first-order chi connectivity index (χ1) is 15.2. The van der Waals surface area contributed by atoms with Gasteiger partial charge in [-0.05, 0) is 42.0 Å². The number of benzene rings is 2. The minimum atomic E-state index is -0.327. The molecule has 0 aliphatic carbocycles. The molecule has 0 aliphatic rings. The highest BCUT2D eigenvalue weighted by Crippen LogP contribution is 2.24. The number of carbonyl (C=O) groups excluding carboxylic acids is 1. The third-order valence-electron chi connectivity index (χ3n) is 4.63. The number of hydrazone groups is 1. The van der Waals surface area contributed by atoms with Crippen molar-refractivity contribution in [2.45, 2.75) is 6.54 Å². The molecule has 7 nitrogen and oxygen atoms in total. The Hall–Kier alpha value is -4.26. The van der Waals surface area contributed by atoms with Gasteiger partial charge < -0.3 is 4.74 Å². The van der Waals surface area contributed by atoms with Crippen molar-refractivity contribution >= 4 is 12.1 Å². The zero-order valence-corrected chi connectivity index (χ0v) is 17.0. The predicted molar refractivity (Wildman–Crippen MR) is 119 cm³/mol. The Balaban J connectivity index is 1.59. The molecule has 1 N–H and O–H groups in total. The van der Waals surface area contributed by atoms with Gasteiger partial charge in [0.25, 0.3) is 5.91 Å². The Morgan fingerprint density at radius 3 is 2.61 bits per heavy atom. The highest BCUT2D eigenvalue weighted by Gasteiger charge is 2.11. The zero-order chi connectivity index (χ0) is 21.5. The average Bonchev–Trinajstić information content (AvgIpc) is 3.22. The van der Waals surface area contributed by atoms with Crippen molar-refractivity contribution in [3.05, 3.63) is 102 Å². The number of carbonyl (C=O) groups is 1. The van der Waals surface area contributed by atoms with Crippen LogP contribution in [0.1, 0.15) is 21.5 Å². The van der Waals surface area contributed by atoms with Crippen molar-refractivity contribution in [1.29, 1.82) is 0 Å². The van der Waals surface area contributed by atoms with Crippen LogP contribution in [-0.4, -0.2) is 34.0 Å². The highest BCUT2D eigenvalue weighted by molar-refractivity contribution is 5.95. The normalized spacial score (nSPS) is 10.9. The van der Waals surface area contributed by atoms with E-state index >= 15 is 0 Å². The van der Waals surface area contributed by atoms with E-state index in [9.17, 15) is 4.79 Å². The quantitative estimate of drug-likeness (QED) is 0.371. The number of ether oxygens (including phenoxy) is 1. The summed E-state index contributed by atoms with van der Waals surface area (Å²) in [5.41, 5.74) is 6.59. The van der Waals surface area contributed by atoms with Crippen LogP contribution in [0.5, 0.6) is 5.75 Å². The van der Waals surface area contributed by atoms with Gasteiger partial charge in [-0.3, -0.25) is 14.5 Å². The lowest BCUT2D eigenvalue weighted by Gasteiger charge is -2.03. The number of amides is 1. The summed E-state index contributed by atoms with van der Waals surface area (Å²) in [4.78, 5) is 16.2. The first kappa shape index (κ1) is 20.0. The molecule has 2 aromatic heterocycles. The molecule has 0 saturated heterocycles. The van der Waals surface area contributed by atoms with E-state index in [-0.39, 0.29) is 5.91 Å². The van der Waals surface area contributed by atoms with Crippen LogP contribution in [0, 0.1) is 0 Å². The molecule has 0 radical (unpaired) electrons. The molecule has 154 valence electrons. The number of pyridine rings is 1. The number of hydrogen-bond acceptors (Lipinski definition) is 5. The van der Waals surface area contributed by atoms with E-state index in [1.807, 2.05) is 53.3 Å². The van der Waals surface area contributed by atoms with Gasteiger partial charge in [0.2, 0.25) is 0 Å². The second-order valence-electron chi connectivity index (χ2n) is 6.79. The molecule has 2 heterocycles. The fraction of sp³-hybridized carbons (Fsp3) is 0.0833. The zero-order valence-electron chi connectivity index (χ0n) is 17.0. The van der Waals surface area contributed by atoms with Crippen LogP contribution < -0.4 is 10.2 Å². The molecule has 7 heteroatoms. The molecular weight excluding hydrogens is 390 g/mol. The summed E-state index contributed by atoms with van der Waals surface area (Å²) >= 11 is 0. The lowest BCUT2D eigenvalue weighted by atomic mass is 10.1. The Bertz CT molecular complexity index is 1170. The van der Waals surface area contributed by atoms with E-state index in [1.54, 1.807) is 31.7 Å². The van der Waals surface area contributed by atoms with Gasteiger partial charge >= 0.3 is 0 Å². The van der Waals surface area contributed by atoms with Crippen LogP contribution in [0.4, 0.5) is 0 Å². The first-order valence-corrected chi connectivity index (χ1v) is 9.72. The third-order valence-corrected chi connectivity index (χ3v) is 4.63. The van der Waals surface area contributed by atoms with E-state index in [2.05, 4.69) is 27.6 Å². The molecule has 31 heavy (non-hydrogen) atoms. The van der Waals surface area contributed by atoms with Gasteiger partial charge in [0, 0.05) is 29.7 Å². The summed E-state index contributed by atoms with van der Waals surface area (Å²) in [5, 5.41) is 8.88. The topological polar surface area (TPSA) is 81.4 Å². The lowest BCUT2D eigenvalue weighted by molar-refractivity contribution is 0.0955. The van der Waals surface area contributed by atoms with Gasteiger partial charge in [-0.2, -0.15) is 10.2 Å². The molecule has 0 spiro atoms. The minimum absolute atomic E-state index is 0.327. The predicted octanol–water partition coefficient (Wildman–Crippen LogP) is 3.77. The number of nitrogens with one attached hydrogen (secondary N) is 1. The standard InChI is InChI=1S/C24H21N5O2/c1-31-22-11-9-19(10-12-22)23-21(15-26-27-24(30)20-8-5-13-25-14-20)17-29(28-23)16-18-6-3-2-4-7-18/h2-15,17H,16H2,1H3,(H,27,30)/b26-15-. The van der Waals surface area contributed by atoms with Gasteiger partial charge in [-0.1, -0.05) is 30.3 Å². The van der Waals surface area contributed by atoms with E-state index < -0.39 is 0 Å². The van der Waals surface area contributed by atoms with Gasteiger partial charge in [0.05, 0.1) is 25.4 Å². The average molecular weight is 411 g/mol. The van der Waals surface area contributed by atoms with Crippen molar-refractivity contribution in [3.8, 4) is 17.0 Å². The minimum Gasteiger partial charge on any atom is -0.497 e. The first-order valence-electron chi connectivity index (χ1n) is 9.72. The maximum Gasteiger partial charge on any atom is 0.272 e. The molecule has 4 rings (SSSR count). The van der Waals surface area contributed by atoms with Gasteiger partial charge in [-0.25, -0.2) is 5.43 Å². The molecule has 0 atom stereocenters. The number of rotatable bonds is 7. The maximum atomic E-state index is 12.2. The van der Waals surface area contributed by atoms with Crippen molar-refractivity contribution in [3.63, 3.8) is 0 Å². The number of hydrogen-bond donors (Lipinski definition) is 1. The molecule has 0 unspecified atom stereocenters. The second kappa shape index (κ2) is 9.49. The number of aromatic nitrogens is 3. The summed E-state index contributed by atoms with van der Waals surface area (Å²) in [6.07, 6.45) is 6.61. The van der Waals surface area contributed by atoms with Gasteiger partial charge in [-0.15, -0.1) is 0 Å². The van der Waals surface area contributed by atoms with Gasteiger partial charge in [0.15, 0.2) is 0 Å². The monoisotopic (exact) mass is 411 g/mol. The second-order valence-corrected chi connectivity index (χ2v) is 6.79. The van der Waals surface area contributed by atoms with Gasteiger partial charge in [0.1, 0.15) is 11.4 Å². The fourth-order valence-electron chi connectivity index (χ4n) is 3.08. The van der Waals surface area contributed by atoms with Crippen molar-refractivity contribution in [1.82, 2.24) is 20.2 Å². The summed E-state index contributed by atoms with van der Waals surface area (Å²) in [7, 11) is 1.63. The molecular formula is C24H21N5O2. The van der Waals surface area contributed by atoms with Crippen LogP contribution >= 0.6 is 0 Å². The third kappa shape index (κ3) is 5.02. The van der Waals surface area contributed by atoms with E-state index in [0.717, 1.165) is 28.1 Å². The van der Waals surface area contributed by atoms with Crippen LogP contribution in [0.2, 0.25) is 0 Å². The lowest BCUT2D eigenvalue weighted by Crippen LogP contribution is -2.17. The number of nitrogens with zero attached hydrogens (tertiary/aromatic N) is 4. The smallest absolute Gasteiger partial charge is 0.272 e. The maximum absolute atomic E-state index is 12.2. The Kier molecular flexibility index (Phi) is 6.13. The Labute approximate surface area is 180 Å². The van der Waals surface area contributed by atoms with Crippen LogP contribution in [0.25, 0.3) is 11.3 Å². The molecule has 2 aromatic carbocycles. The van der Waals surface area contributed by atoms with E-state index in [1.165, 1.54) is 6.20 Å². The van der Waals surface area contributed by atoms with Crippen molar-refractivity contribution in [2.24, 2.45) is 5.10 Å². The molecule has 0 fully saturated rings. The largest absolute Gasteiger partial charge is 0.497 e. The molecule has 4 aromatic rings. The van der Waals surface area contributed by atoms with E-state index in [4.69, 9.17) is 9.84 Å². The summed E-state index contributed by atoms with van der Waals surface area (Å²) in [6.45, 7) is 0.625. The van der Waals surface area contributed by atoms with Crippen LogP contribution in [0.3, 0.4) is 0 Å². The van der Waals surface area contributed by atoms with Crippen LogP contribution in [0.15, 0.2) is 90.4 Å². The van der Waals surface area contributed by atoms with Crippen molar-refractivity contribution < 1.29 is 9.53 Å². The summed E-state index contributed by atoms with van der Waals surface area (Å²) < 4.78 is 7.11. The van der Waals surface area contributed by atoms with Crippen LogP contribution in [-0.2, 0) is 6.54 Å². The fourth-order valence-corrected chi connectivity index (χ4v) is 3.08. The van der Waals surface area contributed by atoms with E-state index in [0.29, 0.717) is 12.1 Å². The summed E-state index contributed by atoms with van der Waals surface area (Å²) in [6, 6.07) is 21.1. The Morgan fingerprint density at radius 2 is 1.90 bits per heavy atom. The Morgan fingerprint density at radius 1 is 1.10 bits per heavy atom. The number of methoxy groups -OCH3 is 1. The SMILES string of the molecule is COc1ccc(-c2nn(Cc3ccccc3)cc2/C=N\NC(=O)c2cccnc2)cc1. The molecule has 0 bridgehead atoms.